The zero-order valence-electron chi connectivity index (χ0n) is 7.55. The number of aromatic nitrogens is 3. The number of nitrogens with zero attached hydrogens (tertiary/aromatic N) is 3. The molecular formula is C9H10N4S. The Morgan fingerprint density at radius 2 is 2.00 bits per heavy atom. The van der Waals surface area contributed by atoms with E-state index in [1.165, 1.54) is 0 Å². The molecule has 2 aromatic rings. The van der Waals surface area contributed by atoms with Crippen molar-refractivity contribution in [2.45, 2.75) is 6.42 Å². The Balaban J connectivity index is 1.79. The minimum atomic E-state index is 0.670. The van der Waals surface area contributed by atoms with Gasteiger partial charge in [-0.25, -0.2) is 15.0 Å². The van der Waals surface area contributed by atoms with Gasteiger partial charge in [0, 0.05) is 36.9 Å². The van der Waals surface area contributed by atoms with Gasteiger partial charge >= 0.3 is 0 Å². The summed E-state index contributed by atoms with van der Waals surface area (Å²) in [6, 6.07) is 1.80. The van der Waals surface area contributed by atoms with E-state index >= 15 is 0 Å². The Hall–Kier alpha value is -1.49. The molecule has 0 aliphatic heterocycles. The van der Waals surface area contributed by atoms with E-state index in [0.29, 0.717) is 5.95 Å². The van der Waals surface area contributed by atoms with Crippen molar-refractivity contribution in [3.8, 4) is 0 Å². The van der Waals surface area contributed by atoms with Gasteiger partial charge in [0.2, 0.25) is 5.95 Å². The highest BCUT2D eigenvalue weighted by atomic mass is 32.1. The third kappa shape index (κ3) is 2.50. The summed E-state index contributed by atoms with van der Waals surface area (Å²) in [5.41, 5.74) is 0. The maximum Gasteiger partial charge on any atom is 0.222 e. The molecule has 14 heavy (non-hydrogen) atoms. The Kier molecular flexibility index (Phi) is 3.03. The van der Waals surface area contributed by atoms with Crippen LogP contribution in [0, 0.1) is 0 Å². The smallest absolute Gasteiger partial charge is 0.222 e. The van der Waals surface area contributed by atoms with Crippen molar-refractivity contribution >= 4 is 17.3 Å². The molecule has 0 radical (unpaired) electrons. The van der Waals surface area contributed by atoms with Gasteiger partial charge in [-0.05, 0) is 6.07 Å². The van der Waals surface area contributed by atoms with Gasteiger partial charge in [0.25, 0.3) is 0 Å². The van der Waals surface area contributed by atoms with E-state index in [4.69, 9.17) is 0 Å². The molecule has 0 aliphatic carbocycles. The Bertz CT molecular complexity index is 360. The van der Waals surface area contributed by atoms with Gasteiger partial charge in [0.05, 0.1) is 5.01 Å². The van der Waals surface area contributed by atoms with Crippen LogP contribution in [0.25, 0.3) is 0 Å². The van der Waals surface area contributed by atoms with Gasteiger partial charge in [-0.3, -0.25) is 0 Å². The van der Waals surface area contributed by atoms with Gasteiger partial charge < -0.3 is 5.32 Å². The molecule has 5 heteroatoms. The van der Waals surface area contributed by atoms with E-state index in [0.717, 1.165) is 18.0 Å². The first-order chi connectivity index (χ1) is 6.95. The highest BCUT2D eigenvalue weighted by Crippen LogP contribution is 2.04. The second-order valence-corrected chi connectivity index (χ2v) is 3.65. The maximum atomic E-state index is 4.19. The molecular weight excluding hydrogens is 196 g/mol. The molecule has 0 fully saturated rings. The normalized spacial score (nSPS) is 10.0. The average molecular weight is 206 g/mol. The molecule has 0 spiro atoms. The van der Waals surface area contributed by atoms with Crippen LogP contribution in [-0.4, -0.2) is 21.5 Å². The van der Waals surface area contributed by atoms with Crippen LogP contribution in [0.2, 0.25) is 0 Å². The number of thiazole rings is 1. The zero-order chi connectivity index (χ0) is 9.64. The Labute approximate surface area is 86.1 Å². The lowest BCUT2D eigenvalue weighted by Gasteiger charge is -2.01. The maximum absolute atomic E-state index is 4.19. The summed E-state index contributed by atoms with van der Waals surface area (Å²) in [6.45, 7) is 0.817. The van der Waals surface area contributed by atoms with Crippen molar-refractivity contribution in [1.29, 1.82) is 0 Å². The van der Waals surface area contributed by atoms with Crippen molar-refractivity contribution in [3.05, 3.63) is 35.0 Å². The first-order valence-electron chi connectivity index (χ1n) is 4.34. The molecule has 72 valence electrons. The zero-order valence-corrected chi connectivity index (χ0v) is 8.37. The van der Waals surface area contributed by atoms with Crippen molar-refractivity contribution in [2.75, 3.05) is 11.9 Å². The Morgan fingerprint density at radius 1 is 1.14 bits per heavy atom. The summed E-state index contributed by atoms with van der Waals surface area (Å²) in [5.74, 6) is 0.670. The third-order valence-corrected chi connectivity index (χ3v) is 2.51. The summed E-state index contributed by atoms with van der Waals surface area (Å²) >= 11 is 1.67. The van der Waals surface area contributed by atoms with Crippen LogP contribution in [0.15, 0.2) is 30.0 Å². The second-order valence-electron chi connectivity index (χ2n) is 2.68. The standard InChI is InChI=1S/C9H10N4S/c1-3-11-9(12-4-1)13-5-2-8-10-6-7-14-8/h1,3-4,6-7H,2,5H2,(H,11,12,13). The number of hydrogen-bond donors (Lipinski definition) is 1. The first kappa shape index (κ1) is 9.08. The fourth-order valence-corrected chi connectivity index (χ4v) is 1.67. The lowest BCUT2D eigenvalue weighted by atomic mass is 10.4. The fourth-order valence-electron chi connectivity index (χ4n) is 1.05. The summed E-state index contributed by atoms with van der Waals surface area (Å²) < 4.78 is 0. The number of rotatable bonds is 4. The van der Waals surface area contributed by atoms with E-state index in [1.54, 1.807) is 29.8 Å². The minimum absolute atomic E-state index is 0.670. The number of anilines is 1. The van der Waals surface area contributed by atoms with Gasteiger partial charge in [0.1, 0.15) is 0 Å². The van der Waals surface area contributed by atoms with Gasteiger partial charge in [-0.2, -0.15) is 0 Å². The van der Waals surface area contributed by atoms with Crippen LogP contribution in [0.4, 0.5) is 5.95 Å². The third-order valence-electron chi connectivity index (χ3n) is 1.67. The monoisotopic (exact) mass is 206 g/mol. The van der Waals surface area contributed by atoms with Crippen molar-refractivity contribution in [3.63, 3.8) is 0 Å². The molecule has 2 aromatic heterocycles. The van der Waals surface area contributed by atoms with Crippen LogP contribution in [0.5, 0.6) is 0 Å². The van der Waals surface area contributed by atoms with Gasteiger partial charge in [-0.1, -0.05) is 0 Å². The van der Waals surface area contributed by atoms with E-state index in [1.807, 2.05) is 11.6 Å². The highest BCUT2D eigenvalue weighted by Gasteiger charge is 1.96. The molecule has 0 atom stereocenters. The summed E-state index contributed by atoms with van der Waals surface area (Å²) in [4.78, 5) is 12.3. The number of nitrogens with one attached hydrogen (secondary N) is 1. The largest absolute Gasteiger partial charge is 0.354 e. The number of hydrogen-bond acceptors (Lipinski definition) is 5. The van der Waals surface area contributed by atoms with Crippen LogP contribution in [0.1, 0.15) is 5.01 Å². The average Bonchev–Trinajstić information content (AvgIpc) is 2.72. The van der Waals surface area contributed by atoms with Gasteiger partial charge in [-0.15, -0.1) is 11.3 Å². The molecule has 0 saturated heterocycles. The highest BCUT2D eigenvalue weighted by molar-refractivity contribution is 7.09. The molecule has 0 saturated carbocycles. The Morgan fingerprint density at radius 3 is 2.71 bits per heavy atom. The van der Waals surface area contributed by atoms with Crippen molar-refractivity contribution in [1.82, 2.24) is 15.0 Å². The van der Waals surface area contributed by atoms with Crippen molar-refractivity contribution < 1.29 is 0 Å². The predicted molar refractivity (Wildman–Crippen MR) is 56.3 cm³/mol. The van der Waals surface area contributed by atoms with Crippen molar-refractivity contribution in [2.24, 2.45) is 0 Å². The molecule has 0 amide bonds. The summed E-state index contributed by atoms with van der Waals surface area (Å²) in [5, 5.41) is 6.24. The van der Waals surface area contributed by atoms with E-state index in [9.17, 15) is 0 Å². The fraction of sp³-hybridized carbons (Fsp3) is 0.222. The molecule has 0 aliphatic rings. The van der Waals surface area contributed by atoms with Gasteiger partial charge in [0.15, 0.2) is 0 Å². The summed E-state index contributed by atoms with van der Waals surface area (Å²) in [7, 11) is 0. The van der Waals surface area contributed by atoms with Crippen LogP contribution in [-0.2, 0) is 6.42 Å². The molecule has 0 bridgehead atoms. The lowest BCUT2D eigenvalue weighted by molar-refractivity contribution is 0.969. The van der Waals surface area contributed by atoms with Crippen LogP contribution in [0.3, 0.4) is 0 Å². The van der Waals surface area contributed by atoms with E-state index in [2.05, 4.69) is 20.3 Å². The molecule has 2 heterocycles. The van der Waals surface area contributed by atoms with Crippen LogP contribution < -0.4 is 5.32 Å². The van der Waals surface area contributed by atoms with Crippen LogP contribution >= 0.6 is 11.3 Å². The minimum Gasteiger partial charge on any atom is -0.354 e. The second kappa shape index (κ2) is 4.66. The molecule has 1 N–H and O–H groups in total. The molecule has 0 unspecified atom stereocenters. The quantitative estimate of drug-likeness (QED) is 0.825. The molecule has 2 rings (SSSR count). The SMILES string of the molecule is c1cnc(NCCc2nccs2)nc1. The molecule has 0 aromatic carbocycles. The first-order valence-corrected chi connectivity index (χ1v) is 5.22. The predicted octanol–water partition coefficient (Wildman–Crippen LogP) is 1.59. The molecule has 4 nitrogen and oxygen atoms in total. The van der Waals surface area contributed by atoms with E-state index < -0.39 is 0 Å². The summed E-state index contributed by atoms with van der Waals surface area (Å²) in [6.07, 6.45) is 6.17. The lowest BCUT2D eigenvalue weighted by Crippen LogP contribution is -2.07. The van der Waals surface area contributed by atoms with E-state index in [-0.39, 0.29) is 0 Å². The topological polar surface area (TPSA) is 50.7 Å².